The number of rotatable bonds is 7. The molecule has 1 saturated carbocycles. The number of amides is 1. The van der Waals surface area contributed by atoms with E-state index in [9.17, 15) is 13.6 Å². The molecule has 2 heterocycles. The van der Waals surface area contributed by atoms with E-state index in [0.717, 1.165) is 12.1 Å². The molecule has 4 rings (SSSR count). The molecule has 1 aliphatic rings. The van der Waals surface area contributed by atoms with Crippen LogP contribution in [0.25, 0.3) is 11.3 Å². The normalized spacial score (nSPS) is 20.0. The summed E-state index contributed by atoms with van der Waals surface area (Å²) >= 11 is 2.21. The van der Waals surface area contributed by atoms with Gasteiger partial charge in [-0.1, -0.05) is 25.9 Å². The summed E-state index contributed by atoms with van der Waals surface area (Å²) in [6, 6.07) is 4.32. The van der Waals surface area contributed by atoms with Crippen molar-refractivity contribution in [2.75, 3.05) is 0 Å². The molecular formula is C24H29F2IN4O4Si. The number of hydrogen-bond acceptors (Lipinski definition) is 7. The third kappa shape index (κ3) is 5.54. The van der Waals surface area contributed by atoms with Crippen LogP contribution in [-0.4, -0.2) is 35.6 Å². The maximum atomic E-state index is 14.0. The molecule has 0 bridgehead atoms. The number of aromatic nitrogens is 3. The summed E-state index contributed by atoms with van der Waals surface area (Å²) in [7, 11) is -2.06. The summed E-state index contributed by atoms with van der Waals surface area (Å²) < 4.78 is 44.0. The van der Waals surface area contributed by atoms with E-state index < -0.39 is 29.5 Å². The molecule has 36 heavy (non-hydrogen) atoms. The van der Waals surface area contributed by atoms with E-state index in [2.05, 4.69) is 77.1 Å². The Hall–Kier alpha value is -2.19. The Morgan fingerprint density at radius 2 is 1.86 bits per heavy atom. The lowest BCUT2D eigenvalue weighted by molar-refractivity contribution is 0.0892. The van der Waals surface area contributed by atoms with Crippen molar-refractivity contribution < 1.29 is 26.9 Å². The predicted molar refractivity (Wildman–Crippen MR) is 139 cm³/mol. The van der Waals surface area contributed by atoms with Gasteiger partial charge in [0.1, 0.15) is 11.6 Å². The third-order valence-electron chi connectivity index (χ3n) is 6.84. The minimum absolute atomic E-state index is 0.0145. The first kappa shape index (κ1) is 26.9. The molecule has 1 amide bonds. The molecule has 0 radical (unpaired) electrons. The van der Waals surface area contributed by atoms with Gasteiger partial charge in [0, 0.05) is 24.1 Å². The largest absolute Gasteiger partial charge is 0.421 e. The predicted octanol–water partition coefficient (Wildman–Crippen LogP) is 6.31. The quantitative estimate of drug-likeness (QED) is 0.186. The molecular weight excluding hydrogens is 601 g/mol. The van der Waals surface area contributed by atoms with E-state index in [1.165, 1.54) is 12.1 Å². The SMILES string of the molecule is CC(I)(O[Si](C)(C)C(C)(C)C)c1nnc(C2CC(NC(=O)c3cc(-c4ccc(F)cc4F)on3)C2)o1. The number of hydrogen-bond donors (Lipinski definition) is 1. The van der Waals surface area contributed by atoms with E-state index in [-0.39, 0.29) is 34.0 Å². The van der Waals surface area contributed by atoms with Crippen molar-refractivity contribution >= 4 is 36.8 Å². The first-order valence-corrected chi connectivity index (χ1v) is 15.6. The molecule has 0 spiro atoms. The summed E-state index contributed by atoms with van der Waals surface area (Å²) in [5.41, 5.74) is 0.0411. The molecule has 1 atom stereocenters. The van der Waals surface area contributed by atoms with Gasteiger partial charge in [0.25, 0.3) is 11.8 Å². The van der Waals surface area contributed by atoms with Crippen LogP contribution >= 0.6 is 22.6 Å². The highest BCUT2D eigenvalue weighted by Gasteiger charge is 2.45. The Balaban J connectivity index is 1.33. The molecule has 0 saturated heterocycles. The van der Waals surface area contributed by atoms with Crippen molar-refractivity contribution in [1.29, 1.82) is 0 Å². The van der Waals surface area contributed by atoms with Crippen LogP contribution in [0.4, 0.5) is 8.78 Å². The monoisotopic (exact) mass is 630 g/mol. The van der Waals surface area contributed by atoms with Crippen LogP contribution < -0.4 is 5.32 Å². The second-order valence-electron chi connectivity index (χ2n) is 10.8. The van der Waals surface area contributed by atoms with Crippen molar-refractivity contribution in [3.05, 3.63) is 53.4 Å². The zero-order chi connectivity index (χ0) is 26.5. The number of halogens is 3. The van der Waals surface area contributed by atoms with Gasteiger partial charge in [-0.15, -0.1) is 10.2 Å². The highest BCUT2D eigenvalue weighted by Crippen LogP contribution is 2.45. The minimum atomic E-state index is -2.06. The van der Waals surface area contributed by atoms with Crippen LogP contribution in [-0.2, 0) is 8.03 Å². The van der Waals surface area contributed by atoms with Crippen molar-refractivity contribution in [3.63, 3.8) is 0 Å². The minimum Gasteiger partial charge on any atom is -0.421 e. The molecule has 8 nitrogen and oxygen atoms in total. The van der Waals surface area contributed by atoms with Gasteiger partial charge in [-0.05, 0) is 72.6 Å². The van der Waals surface area contributed by atoms with Gasteiger partial charge >= 0.3 is 0 Å². The fourth-order valence-electron chi connectivity index (χ4n) is 3.65. The van der Waals surface area contributed by atoms with Gasteiger partial charge < -0.3 is 18.7 Å². The summed E-state index contributed by atoms with van der Waals surface area (Å²) in [6.45, 7) is 12.8. The van der Waals surface area contributed by atoms with Crippen molar-refractivity contribution in [1.82, 2.24) is 20.7 Å². The van der Waals surface area contributed by atoms with Gasteiger partial charge in [-0.25, -0.2) is 8.78 Å². The average Bonchev–Trinajstić information content (AvgIpc) is 3.39. The van der Waals surface area contributed by atoms with Crippen LogP contribution in [0, 0.1) is 11.6 Å². The maximum absolute atomic E-state index is 14.0. The second kappa shape index (κ2) is 9.60. The molecule has 1 aromatic carbocycles. The van der Waals surface area contributed by atoms with Crippen molar-refractivity contribution in [2.24, 2.45) is 0 Å². The number of alkyl halides is 1. The Kier molecular flexibility index (Phi) is 7.16. The lowest BCUT2D eigenvalue weighted by Gasteiger charge is -2.40. The Bertz CT molecular complexity index is 1270. The molecule has 1 unspecified atom stereocenters. The maximum Gasteiger partial charge on any atom is 0.273 e. The fraction of sp³-hybridized carbons (Fsp3) is 0.500. The lowest BCUT2D eigenvalue weighted by atomic mass is 9.80. The number of carbonyl (C=O) groups is 1. The third-order valence-corrected chi connectivity index (χ3v) is 12.5. The number of carbonyl (C=O) groups excluding carboxylic acids is 1. The number of benzene rings is 1. The van der Waals surface area contributed by atoms with Crippen LogP contribution in [0.15, 0.2) is 33.2 Å². The van der Waals surface area contributed by atoms with E-state index >= 15 is 0 Å². The average molecular weight is 631 g/mol. The van der Waals surface area contributed by atoms with Crippen LogP contribution in [0.2, 0.25) is 18.1 Å². The van der Waals surface area contributed by atoms with Gasteiger partial charge in [-0.3, -0.25) is 4.79 Å². The zero-order valence-electron chi connectivity index (χ0n) is 21.0. The Morgan fingerprint density at radius 3 is 2.50 bits per heavy atom. The number of nitrogens with one attached hydrogen (secondary N) is 1. The van der Waals surface area contributed by atoms with E-state index in [1.807, 2.05) is 6.92 Å². The van der Waals surface area contributed by atoms with E-state index in [1.54, 1.807) is 0 Å². The molecule has 1 N–H and O–H groups in total. The van der Waals surface area contributed by atoms with Gasteiger partial charge in [0.05, 0.1) is 5.56 Å². The molecule has 1 fully saturated rings. The van der Waals surface area contributed by atoms with Crippen LogP contribution in [0.5, 0.6) is 0 Å². The van der Waals surface area contributed by atoms with Crippen molar-refractivity contribution in [3.8, 4) is 11.3 Å². The summed E-state index contributed by atoms with van der Waals surface area (Å²) in [4.78, 5) is 12.6. The fourth-order valence-corrected chi connectivity index (χ4v) is 6.87. The lowest BCUT2D eigenvalue weighted by Crippen LogP contribution is -2.45. The van der Waals surface area contributed by atoms with Crippen LogP contribution in [0.3, 0.4) is 0 Å². The molecule has 3 aromatic rings. The van der Waals surface area contributed by atoms with Gasteiger partial charge in [0.15, 0.2) is 23.4 Å². The molecule has 194 valence electrons. The van der Waals surface area contributed by atoms with Crippen LogP contribution in [0.1, 0.15) is 68.7 Å². The van der Waals surface area contributed by atoms with Crippen molar-refractivity contribution in [2.45, 2.75) is 74.2 Å². The van der Waals surface area contributed by atoms with E-state index in [0.29, 0.717) is 24.6 Å². The van der Waals surface area contributed by atoms with Gasteiger partial charge in [0.2, 0.25) is 5.89 Å². The first-order valence-electron chi connectivity index (χ1n) is 11.6. The Morgan fingerprint density at radius 1 is 1.17 bits per heavy atom. The molecule has 1 aliphatic carbocycles. The zero-order valence-corrected chi connectivity index (χ0v) is 24.1. The number of nitrogens with zero attached hydrogens (tertiary/aromatic N) is 3. The summed E-state index contributed by atoms with van der Waals surface area (Å²) in [5.74, 6) is -0.915. The molecule has 2 aromatic heterocycles. The highest BCUT2D eigenvalue weighted by molar-refractivity contribution is 14.1. The highest BCUT2D eigenvalue weighted by atomic mass is 127. The Labute approximate surface area is 222 Å². The second-order valence-corrected chi connectivity index (χ2v) is 17.5. The van der Waals surface area contributed by atoms with E-state index in [4.69, 9.17) is 13.4 Å². The molecule has 0 aliphatic heterocycles. The topological polar surface area (TPSA) is 103 Å². The van der Waals surface area contributed by atoms with Gasteiger partial charge in [-0.2, -0.15) is 0 Å². The molecule has 12 heteroatoms. The summed E-state index contributed by atoms with van der Waals surface area (Å²) in [5, 5.41) is 15.1. The summed E-state index contributed by atoms with van der Waals surface area (Å²) in [6.07, 6.45) is 1.26. The standard InChI is InChI=1S/C24H29F2IN4O4Si/c1-23(2,3)36(5,6)35-24(4,27)22-30-29-21(33-22)13-9-15(10-13)28-20(32)18-12-19(34-31-18)16-8-7-14(25)11-17(16)26/h7-8,11-13,15H,9-10H2,1-6H3,(H,28,32). The smallest absolute Gasteiger partial charge is 0.273 e. The first-order chi connectivity index (χ1) is 16.7.